The van der Waals surface area contributed by atoms with E-state index in [0.29, 0.717) is 0 Å². The summed E-state index contributed by atoms with van der Waals surface area (Å²) in [5.74, 6) is -0.0172. The Morgan fingerprint density at radius 3 is 2.90 bits per heavy atom. The summed E-state index contributed by atoms with van der Waals surface area (Å²) < 4.78 is 0. The van der Waals surface area contributed by atoms with Crippen molar-refractivity contribution in [1.82, 2.24) is 0 Å². The number of para-hydroxylation sites is 1. The summed E-state index contributed by atoms with van der Waals surface area (Å²) in [6, 6.07) is 13.9. The molecule has 3 rings (SSSR count). The highest BCUT2D eigenvalue weighted by atomic mass is 16.1. The van der Waals surface area contributed by atoms with Crippen LogP contribution in [0.4, 0.5) is 11.4 Å². The Labute approximate surface area is 125 Å². The highest BCUT2D eigenvalue weighted by Gasteiger charge is 2.17. The Balaban J connectivity index is 1.89. The third-order valence-corrected chi connectivity index (χ3v) is 3.99. The van der Waals surface area contributed by atoms with Gasteiger partial charge in [0.1, 0.15) is 0 Å². The minimum absolute atomic E-state index is 0.0172. The number of hydrogen-bond acceptors (Lipinski definition) is 2. The van der Waals surface area contributed by atoms with Gasteiger partial charge in [0.25, 0.3) is 5.91 Å². The highest BCUT2D eigenvalue weighted by Crippen LogP contribution is 2.26. The number of aryl methyl sites for hydroxylation is 1. The molecule has 3 nitrogen and oxygen atoms in total. The van der Waals surface area contributed by atoms with Gasteiger partial charge in [-0.1, -0.05) is 31.2 Å². The number of rotatable bonds is 3. The summed E-state index contributed by atoms with van der Waals surface area (Å²) >= 11 is 0. The van der Waals surface area contributed by atoms with Gasteiger partial charge in [-0.2, -0.15) is 0 Å². The first-order valence-corrected chi connectivity index (χ1v) is 7.54. The molecule has 108 valence electrons. The van der Waals surface area contributed by atoms with Crippen molar-refractivity contribution in [3.8, 4) is 0 Å². The van der Waals surface area contributed by atoms with E-state index in [9.17, 15) is 4.79 Å². The van der Waals surface area contributed by atoms with Crippen molar-refractivity contribution in [2.45, 2.75) is 26.2 Å². The van der Waals surface area contributed by atoms with Gasteiger partial charge in [0.05, 0.1) is 0 Å². The van der Waals surface area contributed by atoms with Crippen LogP contribution in [0, 0.1) is 0 Å². The molecule has 0 aromatic heterocycles. The number of amides is 1. The lowest BCUT2D eigenvalue weighted by Gasteiger charge is -2.20. The molecule has 2 N–H and O–H groups in total. The third-order valence-electron chi connectivity index (χ3n) is 3.99. The van der Waals surface area contributed by atoms with E-state index >= 15 is 0 Å². The first-order valence-electron chi connectivity index (χ1n) is 7.54. The Kier molecular flexibility index (Phi) is 3.91. The van der Waals surface area contributed by atoms with E-state index < -0.39 is 0 Å². The van der Waals surface area contributed by atoms with Crippen LogP contribution in [0.2, 0.25) is 0 Å². The van der Waals surface area contributed by atoms with Gasteiger partial charge in [-0.15, -0.1) is 0 Å². The molecule has 1 aliphatic heterocycles. The molecule has 0 fully saturated rings. The first-order chi connectivity index (χ1) is 10.3. The SMILES string of the molecule is CCc1ccccc1NC(=O)c1cccc2c1CCCN2. The van der Waals surface area contributed by atoms with Crippen molar-refractivity contribution >= 4 is 17.3 Å². The average Bonchev–Trinajstić information content (AvgIpc) is 2.54. The molecule has 1 amide bonds. The van der Waals surface area contributed by atoms with Gasteiger partial charge in [0.2, 0.25) is 0 Å². The van der Waals surface area contributed by atoms with E-state index in [1.807, 2.05) is 36.4 Å². The molecule has 2 aromatic carbocycles. The van der Waals surface area contributed by atoms with E-state index in [2.05, 4.69) is 23.6 Å². The molecule has 0 unspecified atom stereocenters. The zero-order valence-corrected chi connectivity index (χ0v) is 12.3. The van der Waals surface area contributed by atoms with Gasteiger partial charge in [0.15, 0.2) is 0 Å². The summed E-state index contributed by atoms with van der Waals surface area (Å²) in [4.78, 5) is 12.6. The fourth-order valence-corrected chi connectivity index (χ4v) is 2.86. The van der Waals surface area contributed by atoms with E-state index in [0.717, 1.165) is 53.9 Å². The Morgan fingerprint density at radius 1 is 1.19 bits per heavy atom. The molecule has 0 aliphatic carbocycles. The molecule has 0 radical (unpaired) electrons. The van der Waals surface area contributed by atoms with E-state index in [4.69, 9.17) is 0 Å². The average molecular weight is 280 g/mol. The molecule has 1 aliphatic rings. The fourth-order valence-electron chi connectivity index (χ4n) is 2.86. The minimum atomic E-state index is -0.0172. The molecule has 0 bridgehead atoms. The summed E-state index contributed by atoms with van der Waals surface area (Å²) in [6.45, 7) is 3.08. The highest BCUT2D eigenvalue weighted by molar-refractivity contribution is 6.06. The lowest BCUT2D eigenvalue weighted by Crippen LogP contribution is -2.19. The van der Waals surface area contributed by atoms with E-state index in [-0.39, 0.29) is 5.91 Å². The van der Waals surface area contributed by atoms with Gasteiger partial charge in [-0.3, -0.25) is 4.79 Å². The summed E-state index contributed by atoms with van der Waals surface area (Å²) in [5.41, 5.74) is 5.08. The number of carbonyl (C=O) groups excluding carboxylic acids is 1. The molecule has 21 heavy (non-hydrogen) atoms. The van der Waals surface area contributed by atoms with Gasteiger partial charge >= 0.3 is 0 Å². The van der Waals surface area contributed by atoms with Crippen LogP contribution in [0.3, 0.4) is 0 Å². The summed E-state index contributed by atoms with van der Waals surface area (Å²) in [7, 11) is 0. The second kappa shape index (κ2) is 6.00. The molecular weight excluding hydrogens is 260 g/mol. The molecular formula is C18H20N2O. The molecule has 0 atom stereocenters. The Bertz CT molecular complexity index is 664. The number of benzene rings is 2. The maximum absolute atomic E-state index is 12.6. The van der Waals surface area contributed by atoms with Crippen molar-refractivity contribution < 1.29 is 4.79 Å². The van der Waals surface area contributed by atoms with Crippen LogP contribution in [-0.2, 0) is 12.8 Å². The van der Waals surface area contributed by atoms with E-state index in [1.165, 1.54) is 0 Å². The van der Waals surface area contributed by atoms with E-state index in [1.54, 1.807) is 0 Å². The number of anilines is 2. The fraction of sp³-hybridized carbons (Fsp3) is 0.278. The van der Waals surface area contributed by atoms with Crippen molar-refractivity contribution in [3.05, 3.63) is 59.2 Å². The first kappa shape index (κ1) is 13.7. The van der Waals surface area contributed by atoms with Crippen molar-refractivity contribution in [3.63, 3.8) is 0 Å². The molecule has 0 spiro atoms. The van der Waals surface area contributed by atoms with Crippen LogP contribution in [0.1, 0.15) is 34.8 Å². The van der Waals surface area contributed by atoms with Crippen LogP contribution in [0.5, 0.6) is 0 Å². The van der Waals surface area contributed by atoms with Crippen LogP contribution < -0.4 is 10.6 Å². The number of hydrogen-bond donors (Lipinski definition) is 2. The standard InChI is InChI=1S/C18H20N2O/c1-2-13-7-3-4-10-16(13)20-18(21)15-8-5-11-17-14(15)9-6-12-19-17/h3-5,7-8,10-11,19H,2,6,9,12H2,1H3,(H,20,21). The predicted molar refractivity (Wildman–Crippen MR) is 87.0 cm³/mol. The quantitative estimate of drug-likeness (QED) is 0.896. The van der Waals surface area contributed by atoms with Gasteiger partial charge in [0, 0.05) is 23.5 Å². The van der Waals surface area contributed by atoms with Crippen LogP contribution >= 0.6 is 0 Å². The van der Waals surface area contributed by atoms with Crippen molar-refractivity contribution in [2.24, 2.45) is 0 Å². The largest absolute Gasteiger partial charge is 0.385 e. The maximum Gasteiger partial charge on any atom is 0.256 e. The second-order valence-corrected chi connectivity index (χ2v) is 5.33. The third kappa shape index (κ3) is 2.77. The maximum atomic E-state index is 12.6. The Hall–Kier alpha value is -2.29. The molecule has 1 heterocycles. The second-order valence-electron chi connectivity index (χ2n) is 5.33. The normalized spacial score (nSPS) is 13.2. The minimum Gasteiger partial charge on any atom is -0.385 e. The predicted octanol–water partition coefficient (Wildman–Crippen LogP) is 3.86. The zero-order valence-electron chi connectivity index (χ0n) is 12.3. The lowest BCUT2D eigenvalue weighted by molar-refractivity contribution is 0.102. The van der Waals surface area contributed by atoms with Crippen molar-refractivity contribution in [1.29, 1.82) is 0 Å². The Morgan fingerprint density at radius 2 is 2.05 bits per heavy atom. The van der Waals surface area contributed by atoms with Gasteiger partial charge in [-0.25, -0.2) is 0 Å². The number of carbonyl (C=O) groups is 1. The topological polar surface area (TPSA) is 41.1 Å². The van der Waals surface area contributed by atoms with Crippen LogP contribution in [-0.4, -0.2) is 12.5 Å². The molecule has 0 saturated heterocycles. The number of fused-ring (bicyclic) bond motifs is 1. The lowest BCUT2D eigenvalue weighted by atomic mass is 9.97. The smallest absolute Gasteiger partial charge is 0.256 e. The van der Waals surface area contributed by atoms with Crippen LogP contribution in [0.25, 0.3) is 0 Å². The summed E-state index contributed by atoms with van der Waals surface area (Å²) in [5, 5.41) is 6.43. The van der Waals surface area contributed by atoms with Crippen molar-refractivity contribution in [2.75, 3.05) is 17.2 Å². The molecule has 0 saturated carbocycles. The summed E-state index contributed by atoms with van der Waals surface area (Å²) in [6.07, 6.45) is 2.94. The van der Waals surface area contributed by atoms with Crippen LogP contribution in [0.15, 0.2) is 42.5 Å². The monoisotopic (exact) mass is 280 g/mol. The van der Waals surface area contributed by atoms with Gasteiger partial charge < -0.3 is 10.6 Å². The van der Waals surface area contributed by atoms with Gasteiger partial charge in [-0.05, 0) is 48.6 Å². The molecule has 2 aromatic rings. The molecule has 3 heteroatoms. The number of nitrogens with one attached hydrogen (secondary N) is 2. The zero-order chi connectivity index (χ0) is 14.7.